The highest BCUT2D eigenvalue weighted by Crippen LogP contribution is 2.38. The largest absolute Gasteiger partial charge is 0.486 e. The number of hydrogen-bond donors (Lipinski definition) is 1. The van der Waals surface area contributed by atoms with E-state index in [4.69, 9.17) is 10.5 Å². The second-order valence-corrected chi connectivity index (χ2v) is 5.35. The van der Waals surface area contributed by atoms with Crippen molar-refractivity contribution in [3.63, 3.8) is 0 Å². The van der Waals surface area contributed by atoms with Crippen molar-refractivity contribution in [2.45, 2.75) is 24.9 Å². The number of halogens is 1. The molecule has 0 radical (unpaired) electrons. The number of nitrogens with zero attached hydrogens (tertiary/aromatic N) is 1. The summed E-state index contributed by atoms with van der Waals surface area (Å²) in [6.07, 6.45) is 2.93. The summed E-state index contributed by atoms with van der Waals surface area (Å²) in [5.41, 5.74) is 6.52. The van der Waals surface area contributed by atoms with Gasteiger partial charge in [0.15, 0.2) is 0 Å². The highest BCUT2D eigenvalue weighted by molar-refractivity contribution is 5.37. The van der Waals surface area contributed by atoms with E-state index in [1.165, 1.54) is 6.07 Å². The van der Waals surface area contributed by atoms with Crippen molar-refractivity contribution in [2.24, 2.45) is 5.73 Å². The van der Waals surface area contributed by atoms with Crippen LogP contribution in [0.1, 0.15) is 18.4 Å². The number of ether oxygens (including phenoxy) is 1. The first-order chi connectivity index (χ1) is 8.71. The van der Waals surface area contributed by atoms with Crippen LogP contribution in [0.2, 0.25) is 0 Å². The molecule has 1 fully saturated rings. The normalized spacial score (nSPS) is 27.2. The zero-order valence-corrected chi connectivity index (χ0v) is 10.5. The smallest absolute Gasteiger partial charge is 0.123 e. The quantitative estimate of drug-likeness (QED) is 0.865. The molecule has 1 saturated heterocycles. The predicted molar refractivity (Wildman–Crippen MR) is 68.2 cm³/mol. The molecule has 1 spiro atoms. The van der Waals surface area contributed by atoms with Crippen LogP contribution < -0.4 is 10.5 Å². The molecule has 1 aromatic carbocycles. The van der Waals surface area contributed by atoms with Crippen LogP contribution in [0.25, 0.3) is 0 Å². The zero-order chi connectivity index (χ0) is 12.6. The molecular formula is C14H19FN2O. The predicted octanol–water partition coefficient (Wildman–Crippen LogP) is 1.55. The summed E-state index contributed by atoms with van der Waals surface area (Å²) in [7, 11) is 0. The van der Waals surface area contributed by atoms with E-state index < -0.39 is 0 Å². The van der Waals surface area contributed by atoms with Gasteiger partial charge in [-0.1, -0.05) is 0 Å². The maximum absolute atomic E-state index is 13.1. The number of rotatable bonds is 2. The van der Waals surface area contributed by atoms with Gasteiger partial charge in [0.2, 0.25) is 0 Å². The van der Waals surface area contributed by atoms with Crippen molar-refractivity contribution < 1.29 is 9.13 Å². The van der Waals surface area contributed by atoms with Gasteiger partial charge < -0.3 is 10.5 Å². The Morgan fingerprint density at radius 2 is 2.28 bits per heavy atom. The molecule has 1 atom stereocenters. The minimum absolute atomic E-state index is 0.0694. The lowest BCUT2D eigenvalue weighted by atomic mass is 9.90. The van der Waals surface area contributed by atoms with Crippen molar-refractivity contribution in [1.82, 2.24) is 4.90 Å². The molecule has 2 N–H and O–H groups in total. The van der Waals surface area contributed by atoms with Gasteiger partial charge in [-0.3, -0.25) is 4.90 Å². The Bertz CT molecular complexity index is 451. The van der Waals surface area contributed by atoms with Crippen LogP contribution >= 0.6 is 0 Å². The molecule has 1 aromatic rings. The van der Waals surface area contributed by atoms with Gasteiger partial charge in [-0.2, -0.15) is 0 Å². The molecule has 1 unspecified atom stereocenters. The van der Waals surface area contributed by atoms with Crippen molar-refractivity contribution >= 4 is 0 Å². The summed E-state index contributed by atoms with van der Waals surface area (Å²) in [4.78, 5) is 2.36. The van der Waals surface area contributed by atoms with E-state index in [0.717, 1.165) is 50.2 Å². The molecule has 98 valence electrons. The van der Waals surface area contributed by atoms with Crippen molar-refractivity contribution in [3.8, 4) is 5.75 Å². The first-order valence-electron chi connectivity index (χ1n) is 6.61. The van der Waals surface area contributed by atoms with Crippen LogP contribution in [0, 0.1) is 5.82 Å². The van der Waals surface area contributed by atoms with Crippen LogP contribution in [0.3, 0.4) is 0 Å². The van der Waals surface area contributed by atoms with Crippen molar-refractivity contribution in [2.75, 3.05) is 26.2 Å². The van der Waals surface area contributed by atoms with E-state index in [2.05, 4.69) is 4.90 Å². The van der Waals surface area contributed by atoms with Gasteiger partial charge in [0.25, 0.3) is 0 Å². The third-order valence-corrected chi connectivity index (χ3v) is 4.04. The fourth-order valence-corrected chi connectivity index (χ4v) is 3.08. The number of nitrogens with two attached hydrogens (primary N) is 1. The molecule has 2 heterocycles. The van der Waals surface area contributed by atoms with Crippen molar-refractivity contribution in [3.05, 3.63) is 29.6 Å². The molecule has 3 nitrogen and oxygen atoms in total. The maximum atomic E-state index is 13.1. The van der Waals surface area contributed by atoms with Gasteiger partial charge in [-0.25, -0.2) is 4.39 Å². The number of hydrogen-bond acceptors (Lipinski definition) is 3. The number of fused-ring (bicyclic) bond motifs is 1. The average molecular weight is 250 g/mol. The maximum Gasteiger partial charge on any atom is 0.123 e. The van der Waals surface area contributed by atoms with Gasteiger partial charge in [0, 0.05) is 32.6 Å². The third-order valence-electron chi connectivity index (χ3n) is 4.04. The van der Waals surface area contributed by atoms with Crippen molar-refractivity contribution in [1.29, 1.82) is 0 Å². The van der Waals surface area contributed by atoms with Gasteiger partial charge >= 0.3 is 0 Å². The van der Waals surface area contributed by atoms with Gasteiger partial charge in [-0.05, 0) is 36.6 Å². The summed E-state index contributed by atoms with van der Waals surface area (Å²) in [5, 5.41) is 0. The van der Waals surface area contributed by atoms with Crippen LogP contribution in [0.15, 0.2) is 18.2 Å². The topological polar surface area (TPSA) is 38.5 Å². The minimum Gasteiger partial charge on any atom is -0.486 e. The molecule has 0 aliphatic carbocycles. The lowest BCUT2D eigenvalue weighted by Gasteiger charge is -2.35. The summed E-state index contributed by atoms with van der Waals surface area (Å²) in [6, 6.07) is 4.83. The van der Waals surface area contributed by atoms with E-state index in [-0.39, 0.29) is 11.4 Å². The number of benzene rings is 1. The fraction of sp³-hybridized carbons (Fsp3) is 0.571. The molecule has 3 rings (SSSR count). The Morgan fingerprint density at radius 3 is 3.11 bits per heavy atom. The second-order valence-electron chi connectivity index (χ2n) is 5.35. The molecule has 0 amide bonds. The van der Waals surface area contributed by atoms with Crippen LogP contribution in [0.4, 0.5) is 4.39 Å². The minimum atomic E-state index is -0.176. The first-order valence-corrected chi connectivity index (χ1v) is 6.61. The number of aryl methyl sites for hydroxylation is 1. The molecular weight excluding hydrogens is 231 g/mol. The molecule has 0 bridgehead atoms. The Kier molecular flexibility index (Phi) is 2.99. The van der Waals surface area contributed by atoms with Crippen LogP contribution in [-0.4, -0.2) is 36.7 Å². The first kappa shape index (κ1) is 11.9. The molecule has 2 aliphatic heterocycles. The number of likely N-dealkylation sites (tertiary alicyclic amines) is 1. The fourth-order valence-electron chi connectivity index (χ4n) is 3.08. The zero-order valence-electron chi connectivity index (χ0n) is 10.5. The standard InChI is InChI=1S/C14H19FN2O/c15-12-1-2-13-11(9-12)3-4-14(18-13)5-7-17(10-14)8-6-16/h1-2,9H,3-8,10,16H2. The molecule has 0 aromatic heterocycles. The summed E-state index contributed by atoms with van der Waals surface area (Å²) in [6.45, 7) is 3.62. The third kappa shape index (κ3) is 2.10. The Morgan fingerprint density at radius 1 is 1.39 bits per heavy atom. The van der Waals surface area contributed by atoms with Gasteiger partial charge in [-0.15, -0.1) is 0 Å². The van der Waals surface area contributed by atoms with E-state index in [0.29, 0.717) is 6.54 Å². The Hall–Kier alpha value is -1.13. The Labute approximate surface area is 107 Å². The molecule has 2 aliphatic rings. The highest BCUT2D eigenvalue weighted by Gasteiger charge is 2.42. The van der Waals surface area contributed by atoms with Gasteiger partial charge in [0.05, 0.1) is 0 Å². The summed E-state index contributed by atoms with van der Waals surface area (Å²) in [5.74, 6) is 0.682. The average Bonchev–Trinajstić information content (AvgIpc) is 2.74. The van der Waals surface area contributed by atoms with Crippen LogP contribution in [0.5, 0.6) is 5.75 Å². The van der Waals surface area contributed by atoms with E-state index >= 15 is 0 Å². The van der Waals surface area contributed by atoms with Gasteiger partial charge in [0.1, 0.15) is 17.2 Å². The Balaban J connectivity index is 1.77. The molecule has 4 heteroatoms. The SMILES string of the molecule is NCCN1CCC2(CCc3cc(F)ccc3O2)C1. The van der Waals surface area contributed by atoms with Crippen LogP contribution in [-0.2, 0) is 6.42 Å². The molecule has 0 saturated carbocycles. The monoisotopic (exact) mass is 250 g/mol. The summed E-state index contributed by atoms with van der Waals surface area (Å²) >= 11 is 0. The second kappa shape index (κ2) is 4.52. The lowest BCUT2D eigenvalue weighted by Crippen LogP contribution is -2.43. The lowest BCUT2D eigenvalue weighted by molar-refractivity contribution is 0.0547. The van der Waals surface area contributed by atoms with E-state index in [1.54, 1.807) is 12.1 Å². The summed E-state index contributed by atoms with van der Waals surface area (Å²) < 4.78 is 19.3. The van der Waals surface area contributed by atoms with E-state index in [9.17, 15) is 4.39 Å². The van der Waals surface area contributed by atoms with E-state index in [1.807, 2.05) is 0 Å². The highest BCUT2D eigenvalue weighted by atomic mass is 19.1. The molecule has 18 heavy (non-hydrogen) atoms.